The lowest BCUT2D eigenvalue weighted by atomic mass is 9.89. The van der Waals surface area contributed by atoms with E-state index in [2.05, 4.69) is 10.3 Å². The average Bonchev–Trinajstić information content (AvgIpc) is 2.83. The van der Waals surface area contributed by atoms with Crippen LogP contribution in [0.25, 0.3) is 11.1 Å². The topological polar surface area (TPSA) is 115 Å². The summed E-state index contributed by atoms with van der Waals surface area (Å²) >= 11 is 0. The highest BCUT2D eigenvalue weighted by atomic mass is 16.6. The highest BCUT2D eigenvalue weighted by Gasteiger charge is 2.33. The molecule has 9 heteroatoms. The van der Waals surface area contributed by atoms with E-state index in [1.807, 2.05) is 37.3 Å². The van der Waals surface area contributed by atoms with Crippen LogP contribution in [0.15, 0.2) is 60.8 Å². The standard InChI is InChI=1S/C25H24N4O5/c1-15-12-22(27-24-11-9-20(14-26-24)29(32)33)21-13-19(8-10-23(21)28(15)16(2)30)17-4-6-18(7-5-17)25(31)34-3/h4-11,13-15,22H,12H2,1-3H3,(H,26,27). The maximum absolute atomic E-state index is 12.4. The molecule has 0 radical (unpaired) electrons. The lowest BCUT2D eigenvalue weighted by Crippen LogP contribution is -2.43. The molecule has 0 fully saturated rings. The van der Waals surface area contributed by atoms with Gasteiger partial charge in [-0.25, -0.2) is 9.78 Å². The Morgan fingerprint density at radius 3 is 2.41 bits per heavy atom. The first-order valence-electron chi connectivity index (χ1n) is 10.8. The molecule has 4 rings (SSSR count). The number of hydrogen-bond donors (Lipinski definition) is 1. The first-order chi connectivity index (χ1) is 16.3. The molecule has 0 spiro atoms. The number of aromatic nitrogens is 1. The smallest absolute Gasteiger partial charge is 0.337 e. The molecule has 1 N–H and O–H groups in total. The molecule has 2 heterocycles. The van der Waals surface area contributed by atoms with Gasteiger partial charge < -0.3 is 15.0 Å². The Morgan fingerprint density at radius 1 is 1.12 bits per heavy atom. The summed E-state index contributed by atoms with van der Waals surface area (Å²) in [4.78, 5) is 40.6. The lowest BCUT2D eigenvalue weighted by Gasteiger charge is -2.39. The molecule has 1 aromatic heterocycles. The van der Waals surface area contributed by atoms with Crippen molar-refractivity contribution < 1.29 is 19.2 Å². The highest BCUT2D eigenvalue weighted by Crippen LogP contribution is 2.41. The first kappa shape index (κ1) is 22.9. The Hall–Kier alpha value is -4.27. The number of fused-ring (bicyclic) bond motifs is 1. The number of carbonyl (C=O) groups is 2. The molecule has 0 bridgehead atoms. The Labute approximate surface area is 196 Å². The van der Waals surface area contributed by atoms with Gasteiger partial charge in [-0.2, -0.15) is 0 Å². The number of nitrogens with zero attached hydrogens (tertiary/aromatic N) is 3. The molecule has 1 amide bonds. The van der Waals surface area contributed by atoms with E-state index in [1.54, 1.807) is 30.0 Å². The van der Waals surface area contributed by atoms with E-state index in [4.69, 9.17) is 4.74 Å². The average molecular weight is 460 g/mol. The van der Waals surface area contributed by atoms with Gasteiger partial charge in [0.25, 0.3) is 5.69 Å². The number of amides is 1. The Bertz CT molecular complexity index is 1240. The van der Waals surface area contributed by atoms with Crippen molar-refractivity contribution in [3.63, 3.8) is 0 Å². The summed E-state index contributed by atoms with van der Waals surface area (Å²) in [5, 5.41) is 14.3. The minimum absolute atomic E-state index is 0.0455. The zero-order valence-electron chi connectivity index (χ0n) is 19.0. The molecule has 2 atom stereocenters. The fourth-order valence-corrected chi connectivity index (χ4v) is 4.33. The van der Waals surface area contributed by atoms with Crippen molar-refractivity contribution in [3.05, 3.63) is 82.0 Å². The molecular formula is C25H24N4O5. The van der Waals surface area contributed by atoms with Gasteiger partial charge in [0.15, 0.2) is 0 Å². The second-order valence-electron chi connectivity index (χ2n) is 8.17. The van der Waals surface area contributed by atoms with E-state index in [0.29, 0.717) is 17.8 Å². The third-order valence-corrected chi connectivity index (χ3v) is 5.94. The molecule has 2 unspecified atom stereocenters. The molecule has 0 saturated carbocycles. The number of hydrogen-bond acceptors (Lipinski definition) is 7. The van der Waals surface area contributed by atoms with Crippen LogP contribution in [0.4, 0.5) is 17.2 Å². The van der Waals surface area contributed by atoms with Gasteiger partial charge in [0, 0.05) is 24.7 Å². The Morgan fingerprint density at radius 2 is 1.82 bits per heavy atom. The number of rotatable bonds is 5. The monoisotopic (exact) mass is 460 g/mol. The van der Waals surface area contributed by atoms with Gasteiger partial charge in [-0.05, 0) is 60.4 Å². The van der Waals surface area contributed by atoms with Crippen molar-refractivity contribution in [2.45, 2.75) is 32.4 Å². The number of nitrogens with one attached hydrogen (secondary N) is 1. The molecule has 9 nitrogen and oxygen atoms in total. The van der Waals surface area contributed by atoms with Gasteiger partial charge in [-0.1, -0.05) is 18.2 Å². The van der Waals surface area contributed by atoms with Crippen LogP contribution in [0.1, 0.15) is 42.2 Å². The summed E-state index contributed by atoms with van der Waals surface area (Å²) in [5.41, 5.74) is 3.95. The van der Waals surface area contributed by atoms with Crippen LogP contribution in [0.5, 0.6) is 0 Å². The Kier molecular flexibility index (Phi) is 6.27. The SMILES string of the molecule is COC(=O)c1ccc(-c2ccc3c(c2)C(Nc2ccc([N+](=O)[O-])cn2)CC(C)N3C(C)=O)cc1. The number of esters is 1. The second-order valence-corrected chi connectivity index (χ2v) is 8.17. The quantitative estimate of drug-likeness (QED) is 0.332. The minimum Gasteiger partial charge on any atom is -0.465 e. The van der Waals surface area contributed by atoms with Crippen molar-refractivity contribution in [2.24, 2.45) is 0 Å². The number of carbonyl (C=O) groups excluding carboxylic acids is 2. The number of methoxy groups -OCH3 is 1. The summed E-state index contributed by atoms with van der Waals surface area (Å²) in [5.74, 6) is 0.0663. The van der Waals surface area contributed by atoms with Crippen LogP contribution in [0.3, 0.4) is 0 Å². The molecular weight excluding hydrogens is 436 g/mol. The van der Waals surface area contributed by atoms with Crippen LogP contribution in [0.2, 0.25) is 0 Å². The summed E-state index contributed by atoms with van der Waals surface area (Å²) in [6, 6.07) is 15.8. The summed E-state index contributed by atoms with van der Waals surface area (Å²) in [6.45, 7) is 3.53. The van der Waals surface area contributed by atoms with Gasteiger partial charge in [-0.15, -0.1) is 0 Å². The van der Waals surface area contributed by atoms with E-state index in [-0.39, 0.29) is 23.7 Å². The molecule has 174 valence electrons. The maximum atomic E-state index is 12.4. The Balaban J connectivity index is 1.71. The van der Waals surface area contributed by atoms with E-state index >= 15 is 0 Å². The van der Waals surface area contributed by atoms with Gasteiger partial charge >= 0.3 is 5.97 Å². The van der Waals surface area contributed by atoms with Crippen LogP contribution in [-0.2, 0) is 9.53 Å². The number of ether oxygens (including phenoxy) is 1. The predicted octanol–water partition coefficient (Wildman–Crippen LogP) is 4.74. The van der Waals surface area contributed by atoms with Gasteiger partial charge in [0.05, 0.1) is 23.6 Å². The minimum atomic E-state index is -0.489. The third-order valence-electron chi connectivity index (χ3n) is 5.94. The van der Waals surface area contributed by atoms with Crippen molar-refractivity contribution >= 4 is 29.1 Å². The van der Waals surface area contributed by atoms with Crippen LogP contribution < -0.4 is 10.2 Å². The molecule has 34 heavy (non-hydrogen) atoms. The van der Waals surface area contributed by atoms with Crippen LogP contribution in [-0.4, -0.2) is 34.9 Å². The van der Waals surface area contributed by atoms with E-state index in [1.165, 1.54) is 19.4 Å². The van der Waals surface area contributed by atoms with Crippen molar-refractivity contribution in [1.29, 1.82) is 0 Å². The largest absolute Gasteiger partial charge is 0.465 e. The van der Waals surface area contributed by atoms with Crippen molar-refractivity contribution in [3.8, 4) is 11.1 Å². The third kappa shape index (κ3) is 4.45. The zero-order valence-corrected chi connectivity index (χ0v) is 19.0. The highest BCUT2D eigenvalue weighted by molar-refractivity contribution is 5.94. The van der Waals surface area contributed by atoms with Crippen molar-refractivity contribution in [2.75, 3.05) is 17.3 Å². The fraction of sp³-hybridized carbons (Fsp3) is 0.240. The van der Waals surface area contributed by atoms with Crippen LogP contribution in [0, 0.1) is 10.1 Å². The summed E-state index contributed by atoms with van der Waals surface area (Å²) in [7, 11) is 1.34. The lowest BCUT2D eigenvalue weighted by molar-refractivity contribution is -0.385. The first-order valence-corrected chi connectivity index (χ1v) is 10.8. The fourth-order valence-electron chi connectivity index (χ4n) is 4.33. The van der Waals surface area contributed by atoms with Gasteiger partial charge in [0.1, 0.15) is 12.0 Å². The normalized spacial score (nSPS) is 17.0. The summed E-state index contributed by atoms with van der Waals surface area (Å²) < 4.78 is 4.76. The molecule has 3 aromatic rings. The van der Waals surface area contributed by atoms with E-state index in [0.717, 1.165) is 22.4 Å². The summed E-state index contributed by atoms with van der Waals surface area (Å²) in [6.07, 6.45) is 1.85. The van der Waals surface area contributed by atoms with Crippen molar-refractivity contribution in [1.82, 2.24) is 4.98 Å². The van der Waals surface area contributed by atoms with Gasteiger partial charge in [0.2, 0.25) is 5.91 Å². The number of anilines is 2. The molecule has 0 aliphatic carbocycles. The molecule has 1 aliphatic heterocycles. The maximum Gasteiger partial charge on any atom is 0.337 e. The van der Waals surface area contributed by atoms with Crippen LogP contribution >= 0.6 is 0 Å². The molecule has 2 aromatic carbocycles. The predicted molar refractivity (Wildman–Crippen MR) is 128 cm³/mol. The number of benzene rings is 2. The zero-order chi connectivity index (χ0) is 24.4. The van der Waals surface area contributed by atoms with E-state index < -0.39 is 10.9 Å². The second kappa shape index (κ2) is 9.30. The molecule has 1 aliphatic rings. The number of nitro groups is 1. The number of pyridine rings is 1. The molecule has 0 saturated heterocycles. The van der Waals surface area contributed by atoms with Gasteiger partial charge in [-0.3, -0.25) is 14.9 Å². The van der Waals surface area contributed by atoms with E-state index in [9.17, 15) is 19.7 Å².